The number of hydrogen-bond donors (Lipinski definition) is 0. The van der Waals surface area contributed by atoms with Gasteiger partial charge in [0.2, 0.25) is 5.91 Å². The zero-order valence-corrected chi connectivity index (χ0v) is 21.1. The van der Waals surface area contributed by atoms with E-state index in [9.17, 15) is 22.0 Å². The molecule has 0 fully saturated rings. The second kappa shape index (κ2) is 9.82. The molecule has 0 radical (unpaired) electrons. The van der Waals surface area contributed by atoms with Crippen LogP contribution in [0.2, 0.25) is 0 Å². The number of halogens is 2. The molecule has 0 atom stereocenters. The van der Waals surface area contributed by atoms with E-state index in [1.54, 1.807) is 16.8 Å². The van der Waals surface area contributed by atoms with Crippen molar-refractivity contribution in [3.05, 3.63) is 71.1 Å². The molecule has 7 nitrogen and oxygen atoms in total. The van der Waals surface area contributed by atoms with Crippen molar-refractivity contribution in [2.45, 2.75) is 38.6 Å². The highest BCUT2D eigenvalue weighted by atomic mass is 32.2. The largest absolute Gasteiger partial charge is 0.286 e. The highest BCUT2D eigenvalue weighted by Gasteiger charge is 2.24. The molecule has 0 N–H and O–H groups in total. The van der Waals surface area contributed by atoms with Gasteiger partial charge in [0.15, 0.2) is 20.8 Å². The summed E-state index contributed by atoms with van der Waals surface area (Å²) >= 11 is 0.973. The molecule has 4 rings (SSSR count). The maximum atomic E-state index is 14.3. The van der Waals surface area contributed by atoms with Crippen molar-refractivity contribution < 1.29 is 22.0 Å². The Morgan fingerprint density at radius 2 is 1.80 bits per heavy atom. The summed E-state index contributed by atoms with van der Waals surface area (Å²) in [5.41, 5.74) is 2.61. The molecule has 0 unspecified atom stereocenters. The average molecular weight is 519 g/mol. The second-order valence-electron chi connectivity index (χ2n) is 8.31. The van der Waals surface area contributed by atoms with Gasteiger partial charge < -0.3 is 0 Å². The van der Waals surface area contributed by atoms with Crippen LogP contribution in [0, 0.1) is 32.4 Å². The molecule has 0 aliphatic heterocycles. The third-order valence-corrected chi connectivity index (χ3v) is 8.29. The van der Waals surface area contributed by atoms with Crippen molar-refractivity contribution >= 4 is 42.4 Å². The lowest BCUT2D eigenvalue weighted by Crippen LogP contribution is -2.35. The minimum absolute atomic E-state index is 0.0393. The molecule has 0 saturated carbocycles. The summed E-state index contributed by atoms with van der Waals surface area (Å²) in [5, 5.41) is 4.56. The molecule has 2 aromatic heterocycles. The number of benzene rings is 2. The number of aryl methyl sites for hydroxylation is 3. The first kappa shape index (κ1) is 24.9. The molecule has 2 heterocycles. The smallest absolute Gasteiger partial charge is 0.229 e. The summed E-state index contributed by atoms with van der Waals surface area (Å²) in [4.78, 5) is 18.9. The van der Waals surface area contributed by atoms with Crippen LogP contribution in [0.4, 0.5) is 13.9 Å². The molecular formula is C24H24F2N4O3S2. The lowest BCUT2D eigenvalue weighted by molar-refractivity contribution is -0.118. The van der Waals surface area contributed by atoms with Gasteiger partial charge in [0.05, 0.1) is 27.6 Å². The Kier molecular flexibility index (Phi) is 7.00. The Morgan fingerprint density at radius 1 is 1.09 bits per heavy atom. The average Bonchev–Trinajstić information content (AvgIpc) is 3.35. The summed E-state index contributed by atoms with van der Waals surface area (Å²) in [5.74, 6) is -2.44. The van der Waals surface area contributed by atoms with Crippen molar-refractivity contribution in [3.8, 4) is 0 Å². The van der Waals surface area contributed by atoms with Gasteiger partial charge in [-0.05, 0) is 45.0 Å². The Labute approximate surface area is 205 Å². The van der Waals surface area contributed by atoms with E-state index in [1.165, 1.54) is 17.0 Å². The van der Waals surface area contributed by atoms with Crippen molar-refractivity contribution in [2.24, 2.45) is 0 Å². The van der Waals surface area contributed by atoms with Crippen LogP contribution < -0.4 is 4.90 Å². The van der Waals surface area contributed by atoms with E-state index in [4.69, 9.17) is 0 Å². The predicted molar refractivity (Wildman–Crippen MR) is 131 cm³/mol. The highest BCUT2D eigenvalue weighted by molar-refractivity contribution is 7.91. The molecular weight excluding hydrogens is 494 g/mol. The molecule has 1 amide bonds. The normalized spacial score (nSPS) is 11.8. The van der Waals surface area contributed by atoms with Crippen molar-refractivity contribution in [2.75, 3.05) is 17.2 Å². The second-order valence-corrected chi connectivity index (χ2v) is 11.4. The van der Waals surface area contributed by atoms with Crippen molar-refractivity contribution in [1.82, 2.24) is 14.8 Å². The zero-order valence-electron chi connectivity index (χ0n) is 19.5. The fourth-order valence-corrected chi connectivity index (χ4v) is 5.98. The number of rotatable bonds is 8. The lowest BCUT2D eigenvalue weighted by Gasteiger charge is -2.20. The van der Waals surface area contributed by atoms with Crippen LogP contribution in [0.5, 0.6) is 0 Å². The van der Waals surface area contributed by atoms with Crippen LogP contribution in [-0.2, 0) is 21.2 Å². The first-order chi connectivity index (χ1) is 16.5. The van der Waals surface area contributed by atoms with Crippen molar-refractivity contribution in [1.29, 1.82) is 0 Å². The van der Waals surface area contributed by atoms with E-state index in [-0.39, 0.29) is 39.0 Å². The monoisotopic (exact) mass is 518 g/mol. The number of carbonyl (C=O) groups is 1. The first-order valence-corrected chi connectivity index (χ1v) is 13.4. The lowest BCUT2D eigenvalue weighted by atomic mass is 10.2. The van der Waals surface area contributed by atoms with Crippen molar-refractivity contribution in [3.63, 3.8) is 0 Å². The van der Waals surface area contributed by atoms with Crippen LogP contribution in [0.3, 0.4) is 0 Å². The summed E-state index contributed by atoms with van der Waals surface area (Å²) in [7, 11) is -3.69. The molecule has 4 aromatic rings. The van der Waals surface area contributed by atoms with Crippen LogP contribution >= 0.6 is 11.3 Å². The fraction of sp³-hybridized carbons (Fsp3) is 0.292. The summed E-state index contributed by atoms with van der Waals surface area (Å²) in [6.45, 7) is 6.05. The number of nitrogens with zero attached hydrogens (tertiary/aromatic N) is 4. The number of thiazole rings is 1. The van der Waals surface area contributed by atoms with Crippen LogP contribution in [-0.4, -0.2) is 41.4 Å². The van der Waals surface area contributed by atoms with E-state index in [1.807, 2.05) is 26.8 Å². The minimum atomic E-state index is -3.69. The maximum Gasteiger partial charge on any atom is 0.229 e. The highest BCUT2D eigenvalue weighted by Crippen LogP contribution is 2.31. The van der Waals surface area contributed by atoms with Gasteiger partial charge in [-0.25, -0.2) is 22.2 Å². The van der Waals surface area contributed by atoms with E-state index in [0.29, 0.717) is 6.54 Å². The van der Waals surface area contributed by atoms with Gasteiger partial charge in [-0.3, -0.25) is 14.4 Å². The van der Waals surface area contributed by atoms with E-state index >= 15 is 0 Å². The van der Waals surface area contributed by atoms with E-state index in [0.717, 1.165) is 40.4 Å². The Balaban J connectivity index is 1.60. The van der Waals surface area contributed by atoms with Gasteiger partial charge >= 0.3 is 0 Å². The molecule has 0 aliphatic carbocycles. The SMILES string of the molecule is Cc1ccc(S(=O)(=O)CCC(=O)N(CCn2nc(C)cc2C)c2nc3c(F)cc(F)cc3s2)cc1. The third-order valence-electron chi connectivity index (χ3n) is 5.54. The molecule has 0 saturated heterocycles. The Hall–Kier alpha value is -3.18. The molecule has 2 aromatic carbocycles. The van der Waals surface area contributed by atoms with Crippen LogP contribution in [0.1, 0.15) is 23.4 Å². The third kappa shape index (κ3) is 5.57. The van der Waals surface area contributed by atoms with Gasteiger partial charge in [-0.15, -0.1) is 0 Å². The maximum absolute atomic E-state index is 14.3. The number of carbonyl (C=O) groups excluding carboxylic acids is 1. The van der Waals surface area contributed by atoms with E-state index < -0.39 is 27.4 Å². The number of hydrogen-bond acceptors (Lipinski definition) is 6. The summed E-state index contributed by atoms with van der Waals surface area (Å²) < 4.78 is 55.5. The first-order valence-electron chi connectivity index (χ1n) is 10.9. The number of anilines is 1. The minimum Gasteiger partial charge on any atom is -0.286 e. The molecule has 184 valence electrons. The van der Waals surface area contributed by atoms with Gasteiger partial charge in [-0.1, -0.05) is 29.0 Å². The fourth-order valence-electron chi connectivity index (χ4n) is 3.70. The molecule has 0 spiro atoms. The van der Waals surface area contributed by atoms with Crippen LogP contribution in [0.25, 0.3) is 10.2 Å². The molecule has 11 heteroatoms. The molecule has 0 aliphatic rings. The van der Waals surface area contributed by atoms with Gasteiger partial charge in [0.1, 0.15) is 11.3 Å². The molecule has 35 heavy (non-hydrogen) atoms. The van der Waals surface area contributed by atoms with Gasteiger partial charge in [-0.2, -0.15) is 5.10 Å². The summed E-state index contributed by atoms with van der Waals surface area (Å²) in [6.07, 6.45) is -0.292. The zero-order chi connectivity index (χ0) is 25.3. The number of amides is 1. The quantitative estimate of drug-likeness (QED) is 0.341. The Morgan fingerprint density at radius 3 is 2.46 bits per heavy atom. The van der Waals surface area contributed by atoms with Crippen LogP contribution in [0.15, 0.2) is 47.4 Å². The Bertz CT molecular complexity index is 1500. The number of aromatic nitrogens is 3. The topological polar surface area (TPSA) is 85.2 Å². The van der Waals surface area contributed by atoms with E-state index in [2.05, 4.69) is 10.1 Å². The number of fused-ring (bicyclic) bond motifs is 1. The van der Waals surface area contributed by atoms with Gasteiger partial charge in [0.25, 0.3) is 0 Å². The standard InChI is InChI=1S/C24H24F2N4O3S2/c1-15-4-6-19(7-5-15)35(32,33)11-8-22(31)29(9-10-30-17(3)12-16(2)28-30)24-27-23-20(26)13-18(25)14-21(23)34-24/h4-7,12-14H,8-11H2,1-3H3. The number of sulfone groups is 1. The predicted octanol–water partition coefficient (Wildman–Crippen LogP) is 4.59. The van der Waals surface area contributed by atoms with Gasteiger partial charge in [0, 0.05) is 24.7 Å². The molecule has 0 bridgehead atoms. The summed E-state index contributed by atoms with van der Waals surface area (Å²) in [6, 6.07) is 10.2.